The third kappa shape index (κ3) is 2.44. The number of aromatic hydroxyl groups is 1. The summed E-state index contributed by atoms with van der Waals surface area (Å²) in [5, 5.41) is 21.6. The van der Waals surface area contributed by atoms with Crippen LogP contribution in [0, 0.1) is 10.1 Å². The molecule has 8 heteroatoms. The first-order chi connectivity index (χ1) is 10.6. The predicted molar refractivity (Wildman–Crippen MR) is 76.4 cm³/mol. The van der Waals surface area contributed by atoms with E-state index in [0.717, 1.165) is 6.41 Å². The van der Waals surface area contributed by atoms with E-state index in [1.54, 1.807) is 4.90 Å². The number of fused-ring (bicyclic) bond motifs is 1. The van der Waals surface area contributed by atoms with Gasteiger partial charge in [0.2, 0.25) is 6.41 Å². The first-order valence-electron chi connectivity index (χ1n) is 6.67. The van der Waals surface area contributed by atoms with Crippen molar-refractivity contribution in [3.05, 3.63) is 40.1 Å². The lowest BCUT2D eigenvalue weighted by molar-refractivity contribution is -0.384. The fraction of sp³-hybridized carbons (Fsp3) is 0.286. The van der Waals surface area contributed by atoms with Gasteiger partial charge in [-0.3, -0.25) is 19.9 Å². The maximum atomic E-state index is 10.9. The SMILES string of the molecule is O=CN1CCOC(c2cnc3ccc([N+](=O)[O-])cc3c2O)C1. The summed E-state index contributed by atoms with van der Waals surface area (Å²) in [4.78, 5) is 26.9. The smallest absolute Gasteiger partial charge is 0.270 e. The first-order valence-corrected chi connectivity index (χ1v) is 6.67. The Morgan fingerprint density at radius 3 is 3.05 bits per heavy atom. The summed E-state index contributed by atoms with van der Waals surface area (Å²) >= 11 is 0. The number of nitrogens with zero attached hydrogens (tertiary/aromatic N) is 3. The number of carbonyl (C=O) groups is 1. The number of nitro groups is 1. The lowest BCUT2D eigenvalue weighted by Gasteiger charge is -2.30. The van der Waals surface area contributed by atoms with Crippen molar-refractivity contribution in [2.24, 2.45) is 0 Å². The molecule has 0 bridgehead atoms. The molecule has 1 aromatic heterocycles. The van der Waals surface area contributed by atoms with Gasteiger partial charge in [0.05, 0.1) is 23.6 Å². The first kappa shape index (κ1) is 14.2. The fourth-order valence-electron chi connectivity index (χ4n) is 2.48. The van der Waals surface area contributed by atoms with Gasteiger partial charge in [0.15, 0.2) is 0 Å². The number of hydrogen-bond acceptors (Lipinski definition) is 6. The Morgan fingerprint density at radius 1 is 1.50 bits per heavy atom. The topological polar surface area (TPSA) is 106 Å². The molecule has 0 aliphatic carbocycles. The Hall–Kier alpha value is -2.74. The molecule has 1 unspecified atom stereocenters. The predicted octanol–water partition coefficient (Wildman–Crippen LogP) is 1.38. The highest BCUT2D eigenvalue weighted by molar-refractivity contribution is 5.87. The van der Waals surface area contributed by atoms with Crippen LogP contribution in [0.5, 0.6) is 5.75 Å². The maximum Gasteiger partial charge on any atom is 0.270 e. The molecule has 2 heterocycles. The number of rotatable bonds is 3. The van der Waals surface area contributed by atoms with Crippen LogP contribution in [0.2, 0.25) is 0 Å². The highest BCUT2D eigenvalue weighted by Gasteiger charge is 2.25. The van der Waals surface area contributed by atoms with E-state index in [1.807, 2.05) is 0 Å². The van der Waals surface area contributed by atoms with Crippen molar-refractivity contribution in [1.29, 1.82) is 0 Å². The zero-order valence-electron chi connectivity index (χ0n) is 11.5. The lowest BCUT2D eigenvalue weighted by Crippen LogP contribution is -2.37. The summed E-state index contributed by atoms with van der Waals surface area (Å²) < 4.78 is 5.57. The van der Waals surface area contributed by atoms with Gasteiger partial charge in [0.25, 0.3) is 5.69 Å². The van der Waals surface area contributed by atoms with Gasteiger partial charge in [-0.1, -0.05) is 0 Å². The Morgan fingerprint density at radius 2 is 2.32 bits per heavy atom. The molecule has 2 aromatic rings. The molecule has 0 radical (unpaired) electrons. The second-order valence-electron chi connectivity index (χ2n) is 4.98. The van der Waals surface area contributed by atoms with Crippen LogP contribution >= 0.6 is 0 Å². The number of hydrogen-bond donors (Lipinski definition) is 1. The number of amides is 1. The third-order valence-corrected chi connectivity index (χ3v) is 3.66. The molecule has 22 heavy (non-hydrogen) atoms. The van der Waals surface area contributed by atoms with Gasteiger partial charge < -0.3 is 14.7 Å². The number of ether oxygens (including phenoxy) is 1. The molecule has 1 N–H and O–H groups in total. The summed E-state index contributed by atoms with van der Waals surface area (Å²) in [6.45, 7) is 1.15. The van der Waals surface area contributed by atoms with Crippen molar-refractivity contribution >= 4 is 23.0 Å². The molecule has 1 aromatic carbocycles. The van der Waals surface area contributed by atoms with Crippen LogP contribution < -0.4 is 0 Å². The van der Waals surface area contributed by atoms with Crippen LogP contribution in [0.1, 0.15) is 11.7 Å². The summed E-state index contributed by atoms with van der Waals surface area (Å²) in [5.74, 6) is -0.105. The second kappa shape index (κ2) is 5.57. The van der Waals surface area contributed by atoms with Gasteiger partial charge in [-0.15, -0.1) is 0 Å². The molecule has 1 amide bonds. The van der Waals surface area contributed by atoms with E-state index >= 15 is 0 Å². The number of morpholine rings is 1. The van der Waals surface area contributed by atoms with Crippen LogP contribution in [-0.4, -0.2) is 46.0 Å². The molecule has 114 valence electrons. The summed E-state index contributed by atoms with van der Waals surface area (Å²) in [7, 11) is 0. The molecule has 1 fully saturated rings. The quantitative estimate of drug-likeness (QED) is 0.521. The Balaban J connectivity index is 2.05. The number of benzene rings is 1. The van der Waals surface area contributed by atoms with Crippen molar-refractivity contribution in [2.45, 2.75) is 6.10 Å². The minimum absolute atomic E-state index is 0.105. The number of pyridine rings is 1. The van der Waals surface area contributed by atoms with Crippen molar-refractivity contribution in [2.75, 3.05) is 19.7 Å². The Bertz CT molecular complexity index is 749. The number of non-ortho nitro benzene ring substituents is 1. The standard InChI is InChI=1S/C14H13N3O5/c18-8-16-3-4-22-13(7-16)11-6-15-12-2-1-9(17(20)21)5-10(12)14(11)19/h1-2,5-6,8,13H,3-4,7H2,(H,15,19). The normalized spacial score (nSPS) is 18.4. The third-order valence-electron chi connectivity index (χ3n) is 3.66. The van der Waals surface area contributed by atoms with Crippen molar-refractivity contribution < 1.29 is 19.6 Å². The van der Waals surface area contributed by atoms with Crippen LogP contribution in [0.15, 0.2) is 24.4 Å². The largest absolute Gasteiger partial charge is 0.507 e. The summed E-state index contributed by atoms with van der Waals surface area (Å²) in [5.41, 5.74) is 0.746. The van der Waals surface area contributed by atoms with Gasteiger partial charge in [-0.05, 0) is 6.07 Å². The van der Waals surface area contributed by atoms with E-state index in [0.29, 0.717) is 36.2 Å². The van der Waals surface area contributed by atoms with Crippen LogP contribution in [0.25, 0.3) is 10.9 Å². The van der Waals surface area contributed by atoms with Crippen molar-refractivity contribution in [3.63, 3.8) is 0 Å². The zero-order valence-corrected chi connectivity index (χ0v) is 11.5. The van der Waals surface area contributed by atoms with E-state index in [-0.39, 0.29) is 11.4 Å². The monoisotopic (exact) mass is 303 g/mol. The highest BCUT2D eigenvalue weighted by Crippen LogP contribution is 2.35. The van der Waals surface area contributed by atoms with E-state index < -0.39 is 11.0 Å². The number of nitro benzene ring substituents is 1. The van der Waals surface area contributed by atoms with Crippen LogP contribution in [0.4, 0.5) is 5.69 Å². The minimum Gasteiger partial charge on any atom is -0.507 e. The van der Waals surface area contributed by atoms with Gasteiger partial charge in [-0.2, -0.15) is 0 Å². The van der Waals surface area contributed by atoms with Crippen molar-refractivity contribution in [3.8, 4) is 5.75 Å². The van der Waals surface area contributed by atoms with Crippen LogP contribution in [-0.2, 0) is 9.53 Å². The maximum absolute atomic E-state index is 10.9. The molecule has 0 saturated carbocycles. The fourth-order valence-corrected chi connectivity index (χ4v) is 2.48. The second-order valence-corrected chi connectivity index (χ2v) is 4.98. The molecule has 8 nitrogen and oxygen atoms in total. The zero-order chi connectivity index (χ0) is 15.7. The molecule has 0 spiro atoms. The van der Waals surface area contributed by atoms with Gasteiger partial charge in [0.1, 0.15) is 11.9 Å². The molecule has 1 atom stereocenters. The van der Waals surface area contributed by atoms with Crippen molar-refractivity contribution in [1.82, 2.24) is 9.88 Å². The molecule has 1 aliphatic heterocycles. The Kier molecular flexibility index (Phi) is 3.60. The minimum atomic E-state index is -0.531. The van der Waals surface area contributed by atoms with Crippen LogP contribution in [0.3, 0.4) is 0 Å². The highest BCUT2D eigenvalue weighted by atomic mass is 16.6. The molecule has 1 saturated heterocycles. The van der Waals surface area contributed by atoms with Gasteiger partial charge in [-0.25, -0.2) is 0 Å². The van der Waals surface area contributed by atoms with E-state index in [4.69, 9.17) is 4.74 Å². The molecule has 1 aliphatic rings. The molecule has 3 rings (SSSR count). The van der Waals surface area contributed by atoms with E-state index in [1.165, 1.54) is 24.4 Å². The van der Waals surface area contributed by atoms with Gasteiger partial charge in [0, 0.05) is 35.8 Å². The summed E-state index contributed by atoms with van der Waals surface area (Å²) in [6.07, 6.45) is 1.70. The Labute approximate surface area is 125 Å². The average Bonchev–Trinajstić information content (AvgIpc) is 2.55. The summed E-state index contributed by atoms with van der Waals surface area (Å²) in [6, 6.07) is 4.09. The van der Waals surface area contributed by atoms with E-state index in [9.17, 15) is 20.0 Å². The molecular weight excluding hydrogens is 290 g/mol. The average molecular weight is 303 g/mol. The molecular formula is C14H13N3O5. The number of carbonyl (C=O) groups excluding carboxylic acids is 1. The van der Waals surface area contributed by atoms with E-state index in [2.05, 4.69) is 4.98 Å². The number of aromatic nitrogens is 1. The lowest BCUT2D eigenvalue weighted by atomic mass is 10.0. The van der Waals surface area contributed by atoms with Gasteiger partial charge >= 0.3 is 0 Å².